The predicted molar refractivity (Wildman–Crippen MR) is 89.4 cm³/mol. The molecule has 0 saturated heterocycles. The number of ether oxygens (including phenoxy) is 3. The minimum Gasteiger partial charge on any atom is -0.469 e. The Kier molecular flexibility index (Phi) is 11.0. The van der Waals surface area contributed by atoms with E-state index in [9.17, 15) is 14.4 Å². The summed E-state index contributed by atoms with van der Waals surface area (Å²) in [6.07, 6.45) is 1.14. The summed E-state index contributed by atoms with van der Waals surface area (Å²) in [7, 11) is 1.34. The minimum absolute atomic E-state index is 0.241. The Morgan fingerprint density at radius 2 is 1.50 bits per heavy atom. The molecule has 0 fully saturated rings. The number of nitrogens with zero attached hydrogens (tertiary/aromatic N) is 1. The average Bonchev–Trinajstić information content (AvgIpc) is 2.51. The van der Waals surface area contributed by atoms with Crippen molar-refractivity contribution in [3.63, 3.8) is 0 Å². The van der Waals surface area contributed by atoms with E-state index >= 15 is 0 Å². The van der Waals surface area contributed by atoms with Crippen molar-refractivity contribution in [3.05, 3.63) is 0 Å². The molecule has 7 heteroatoms. The molecule has 0 aliphatic rings. The molecule has 0 saturated carbocycles. The minimum atomic E-state index is -0.519. The molecule has 0 radical (unpaired) electrons. The Morgan fingerprint density at radius 1 is 0.917 bits per heavy atom. The van der Waals surface area contributed by atoms with E-state index in [0.717, 1.165) is 0 Å². The van der Waals surface area contributed by atoms with Crippen molar-refractivity contribution in [2.24, 2.45) is 5.41 Å². The van der Waals surface area contributed by atoms with Gasteiger partial charge in [-0.15, -0.1) is 0 Å². The fourth-order valence-corrected chi connectivity index (χ4v) is 1.84. The fourth-order valence-electron chi connectivity index (χ4n) is 1.84. The Hall–Kier alpha value is -1.63. The van der Waals surface area contributed by atoms with Crippen LogP contribution in [-0.2, 0) is 28.6 Å². The standard InChI is InChI=1S/C17H31NO6/c1-6-23-15(20)9-12-18(11-8-14(19)22-5)10-7-13-24-16(21)17(2,3)4/h6-13H2,1-5H3. The van der Waals surface area contributed by atoms with Gasteiger partial charge in [0.2, 0.25) is 0 Å². The Labute approximate surface area is 144 Å². The van der Waals surface area contributed by atoms with Gasteiger partial charge in [0, 0.05) is 19.6 Å². The summed E-state index contributed by atoms with van der Waals surface area (Å²) in [6, 6.07) is 0. The lowest BCUT2D eigenvalue weighted by Gasteiger charge is -2.22. The average molecular weight is 345 g/mol. The Bertz CT molecular complexity index is 402. The molecular formula is C17H31NO6. The SMILES string of the molecule is CCOC(=O)CCN(CCCOC(=O)C(C)(C)C)CCC(=O)OC. The molecule has 0 aliphatic carbocycles. The molecule has 0 amide bonds. The van der Waals surface area contributed by atoms with Gasteiger partial charge >= 0.3 is 17.9 Å². The molecule has 0 aromatic rings. The van der Waals surface area contributed by atoms with Gasteiger partial charge in [0.05, 0.1) is 38.6 Å². The second kappa shape index (κ2) is 11.8. The van der Waals surface area contributed by atoms with Crippen molar-refractivity contribution in [1.82, 2.24) is 4.90 Å². The van der Waals surface area contributed by atoms with Crippen LogP contribution in [0.2, 0.25) is 0 Å². The summed E-state index contributed by atoms with van der Waals surface area (Å²) in [5.74, 6) is -0.801. The molecule has 0 atom stereocenters. The van der Waals surface area contributed by atoms with Gasteiger partial charge in [0.25, 0.3) is 0 Å². The monoisotopic (exact) mass is 345 g/mol. The number of esters is 3. The summed E-state index contributed by atoms with van der Waals surface area (Å²) in [5, 5.41) is 0. The largest absolute Gasteiger partial charge is 0.469 e. The van der Waals surface area contributed by atoms with Crippen LogP contribution in [0, 0.1) is 5.41 Å². The van der Waals surface area contributed by atoms with E-state index in [1.165, 1.54) is 7.11 Å². The third-order valence-corrected chi connectivity index (χ3v) is 3.26. The first kappa shape index (κ1) is 22.4. The quantitative estimate of drug-likeness (QED) is 0.321. The fraction of sp³-hybridized carbons (Fsp3) is 0.824. The highest BCUT2D eigenvalue weighted by molar-refractivity contribution is 5.75. The molecule has 0 heterocycles. The Balaban J connectivity index is 4.25. The first-order valence-corrected chi connectivity index (χ1v) is 8.32. The van der Waals surface area contributed by atoms with Crippen LogP contribution in [0.4, 0.5) is 0 Å². The van der Waals surface area contributed by atoms with Gasteiger partial charge in [-0.25, -0.2) is 0 Å². The number of carbonyl (C=O) groups is 3. The maximum atomic E-state index is 11.7. The topological polar surface area (TPSA) is 82.1 Å². The number of rotatable bonds is 11. The normalized spacial score (nSPS) is 11.2. The first-order chi connectivity index (χ1) is 11.2. The van der Waals surface area contributed by atoms with Crippen molar-refractivity contribution in [2.75, 3.05) is 40.0 Å². The van der Waals surface area contributed by atoms with Crippen LogP contribution in [0.5, 0.6) is 0 Å². The highest BCUT2D eigenvalue weighted by Crippen LogP contribution is 2.15. The summed E-state index contributed by atoms with van der Waals surface area (Å²) in [4.78, 5) is 36.4. The molecule has 7 nitrogen and oxygen atoms in total. The van der Waals surface area contributed by atoms with E-state index in [2.05, 4.69) is 4.74 Å². The van der Waals surface area contributed by atoms with Crippen molar-refractivity contribution in [1.29, 1.82) is 0 Å². The van der Waals surface area contributed by atoms with Crippen LogP contribution in [0.25, 0.3) is 0 Å². The number of hydrogen-bond acceptors (Lipinski definition) is 7. The molecule has 0 bridgehead atoms. The van der Waals surface area contributed by atoms with Crippen LogP contribution in [0.3, 0.4) is 0 Å². The molecule has 0 aromatic carbocycles. The smallest absolute Gasteiger partial charge is 0.311 e. The first-order valence-electron chi connectivity index (χ1n) is 8.32. The van der Waals surface area contributed by atoms with Crippen LogP contribution in [0.15, 0.2) is 0 Å². The summed E-state index contributed by atoms with van der Waals surface area (Å²) >= 11 is 0. The van der Waals surface area contributed by atoms with Crippen molar-refractivity contribution < 1.29 is 28.6 Å². The van der Waals surface area contributed by atoms with Gasteiger partial charge < -0.3 is 19.1 Å². The molecule has 0 rings (SSSR count). The Morgan fingerprint density at radius 3 is 2.00 bits per heavy atom. The predicted octanol–water partition coefficient (Wildman–Crippen LogP) is 1.78. The van der Waals surface area contributed by atoms with E-state index in [1.54, 1.807) is 27.7 Å². The molecule has 0 N–H and O–H groups in total. The highest BCUT2D eigenvalue weighted by Gasteiger charge is 2.22. The molecule has 0 unspecified atom stereocenters. The summed E-state index contributed by atoms with van der Waals surface area (Å²) < 4.78 is 14.8. The molecule has 0 aliphatic heterocycles. The molecular weight excluding hydrogens is 314 g/mol. The maximum Gasteiger partial charge on any atom is 0.311 e. The third-order valence-electron chi connectivity index (χ3n) is 3.26. The van der Waals surface area contributed by atoms with Gasteiger partial charge in [-0.3, -0.25) is 14.4 Å². The zero-order chi connectivity index (χ0) is 18.6. The number of carbonyl (C=O) groups excluding carboxylic acids is 3. The zero-order valence-electron chi connectivity index (χ0n) is 15.6. The maximum absolute atomic E-state index is 11.7. The van der Waals surface area contributed by atoms with Gasteiger partial charge in [-0.1, -0.05) is 0 Å². The zero-order valence-corrected chi connectivity index (χ0v) is 15.6. The van der Waals surface area contributed by atoms with Crippen molar-refractivity contribution in [2.45, 2.75) is 47.0 Å². The number of methoxy groups -OCH3 is 1. The van der Waals surface area contributed by atoms with E-state index in [1.807, 2.05) is 4.90 Å². The third kappa shape index (κ3) is 11.0. The summed E-state index contributed by atoms with van der Waals surface area (Å²) in [6.45, 7) is 9.42. The highest BCUT2D eigenvalue weighted by atomic mass is 16.5. The lowest BCUT2D eigenvalue weighted by molar-refractivity contribution is -0.153. The molecule has 140 valence electrons. The second-order valence-electron chi connectivity index (χ2n) is 6.46. The summed E-state index contributed by atoms with van der Waals surface area (Å²) in [5.41, 5.74) is -0.519. The molecule has 0 spiro atoms. The lowest BCUT2D eigenvalue weighted by atomic mass is 9.97. The van der Waals surface area contributed by atoms with Gasteiger partial charge in [-0.2, -0.15) is 0 Å². The van der Waals surface area contributed by atoms with E-state index in [0.29, 0.717) is 39.3 Å². The molecule has 24 heavy (non-hydrogen) atoms. The second-order valence-corrected chi connectivity index (χ2v) is 6.46. The van der Waals surface area contributed by atoms with E-state index in [-0.39, 0.29) is 30.7 Å². The van der Waals surface area contributed by atoms with Crippen molar-refractivity contribution >= 4 is 17.9 Å². The van der Waals surface area contributed by atoms with Crippen LogP contribution < -0.4 is 0 Å². The van der Waals surface area contributed by atoms with Crippen LogP contribution in [0.1, 0.15) is 47.0 Å². The van der Waals surface area contributed by atoms with E-state index in [4.69, 9.17) is 9.47 Å². The van der Waals surface area contributed by atoms with Crippen LogP contribution >= 0.6 is 0 Å². The van der Waals surface area contributed by atoms with E-state index < -0.39 is 5.41 Å². The lowest BCUT2D eigenvalue weighted by Crippen LogP contribution is -2.31. The van der Waals surface area contributed by atoms with Gasteiger partial charge in [0.15, 0.2) is 0 Å². The van der Waals surface area contributed by atoms with Gasteiger partial charge in [-0.05, 0) is 34.1 Å². The van der Waals surface area contributed by atoms with Crippen molar-refractivity contribution in [3.8, 4) is 0 Å². The molecule has 0 aromatic heterocycles. The van der Waals surface area contributed by atoms with Gasteiger partial charge in [0.1, 0.15) is 0 Å². The van der Waals surface area contributed by atoms with Crippen LogP contribution in [-0.4, -0.2) is 62.8 Å². The number of hydrogen-bond donors (Lipinski definition) is 0.